The van der Waals surface area contributed by atoms with E-state index in [4.69, 9.17) is 0 Å². The summed E-state index contributed by atoms with van der Waals surface area (Å²) in [4.78, 5) is 12.2. The second kappa shape index (κ2) is 5.41. The van der Waals surface area contributed by atoms with Crippen molar-refractivity contribution in [2.75, 3.05) is 0 Å². The first-order valence-electron chi connectivity index (χ1n) is 5.20. The van der Waals surface area contributed by atoms with E-state index in [1.165, 1.54) is 11.3 Å². The first-order chi connectivity index (χ1) is 8.27. The zero-order valence-corrected chi connectivity index (χ0v) is 10.2. The number of carbonyl (C=O) groups is 1. The Bertz CT molecular complexity index is 532. The normalized spacial score (nSPS) is 10.6. The summed E-state index contributed by atoms with van der Waals surface area (Å²) in [6, 6.07) is 11.5. The zero-order valence-electron chi connectivity index (χ0n) is 9.38. The van der Waals surface area contributed by atoms with Gasteiger partial charge >= 0.3 is 0 Å². The number of aryl methyl sites for hydroxylation is 1. The smallest absolute Gasteiger partial charge is 0.266 e. The number of carbonyl (C=O) groups excluding carboxylic acids is 1. The number of thiophene rings is 1. The Balaban J connectivity index is 1.99. The van der Waals surface area contributed by atoms with Crippen LogP contribution in [0.4, 0.5) is 0 Å². The van der Waals surface area contributed by atoms with Gasteiger partial charge < -0.3 is 0 Å². The van der Waals surface area contributed by atoms with Gasteiger partial charge in [-0.25, -0.2) is 5.43 Å². The Morgan fingerprint density at radius 1 is 1.29 bits per heavy atom. The molecule has 4 heteroatoms. The van der Waals surface area contributed by atoms with Gasteiger partial charge in [-0.2, -0.15) is 5.10 Å². The van der Waals surface area contributed by atoms with E-state index in [1.54, 1.807) is 12.3 Å². The van der Waals surface area contributed by atoms with Gasteiger partial charge in [-0.15, -0.1) is 11.3 Å². The molecule has 1 aromatic heterocycles. The number of benzene rings is 1. The van der Waals surface area contributed by atoms with E-state index in [0.717, 1.165) is 11.1 Å². The minimum atomic E-state index is -0.176. The van der Waals surface area contributed by atoms with Gasteiger partial charge in [0, 0.05) is 0 Å². The van der Waals surface area contributed by atoms with Crippen LogP contribution in [0.1, 0.15) is 20.8 Å². The van der Waals surface area contributed by atoms with Gasteiger partial charge in [-0.3, -0.25) is 4.79 Å². The predicted octanol–water partition coefficient (Wildman–Crippen LogP) is 2.82. The highest BCUT2D eigenvalue weighted by molar-refractivity contribution is 7.12. The van der Waals surface area contributed by atoms with E-state index in [2.05, 4.69) is 10.5 Å². The molecule has 0 aliphatic rings. The van der Waals surface area contributed by atoms with E-state index in [0.29, 0.717) is 4.88 Å². The van der Waals surface area contributed by atoms with Crippen molar-refractivity contribution >= 4 is 23.5 Å². The number of amides is 1. The molecule has 0 saturated heterocycles. The van der Waals surface area contributed by atoms with Crippen molar-refractivity contribution in [2.24, 2.45) is 5.10 Å². The van der Waals surface area contributed by atoms with Gasteiger partial charge in [0.25, 0.3) is 5.91 Å². The molecule has 0 radical (unpaired) electrons. The quantitative estimate of drug-likeness (QED) is 0.654. The first kappa shape index (κ1) is 11.5. The SMILES string of the molecule is Cc1ccccc1/C=N/NC(=O)c1cccs1. The third kappa shape index (κ3) is 3.01. The van der Waals surface area contributed by atoms with Crippen LogP contribution in [-0.4, -0.2) is 12.1 Å². The van der Waals surface area contributed by atoms with Crippen LogP contribution in [0.25, 0.3) is 0 Å². The highest BCUT2D eigenvalue weighted by Gasteiger charge is 2.03. The van der Waals surface area contributed by atoms with Crippen LogP contribution in [0.15, 0.2) is 46.9 Å². The van der Waals surface area contributed by atoms with Crippen molar-refractivity contribution in [2.45, 2.75) is 6.92 Å². The number of hydrazone groups is 1. The van der Waals surface area contributed by atoms with Crippen molar-refractivity contribution in [1.82, 2.24) is 5.43 Å². The molecule has 2 aromatic rings. The molecule has 3 nitrogen and oxygen atoms in total. The molecule has 86 valence electrons. The Labute approximate surface area is 104 Å². The number of nitrogens with zero attached hydrogens (tertiary/aromatic N) is 1. The molecular weight excluding hydrogens is 232 g/mol. The second-order valence-corrected chi connectivity index (χ2v) is 4.48. The molecule has 2 rings (SSSR count). The lowest BCUT2D eigenvalue weighted by Gasteiger charge is -1.98. The first-order valence-corrected chi connectivity index (χ1v) is 6.08. The summed E-state index contributed by atoms with van der Waals surface area (Å²) in [6.07, 6.45) is 1.65. The standard InChI is InChI=1S/C13H12N2OS/c1-10-5-2-3-6-11(10)9-14-15-13(16)12-7-4-8-17-12/h2-9H,1H3,(H,15,16)/b14-9+. The van der Waals surface area contributed by atoms with Gasteiger partial charge in [0.1, 0.15) is 0 Å². The molecule has 0 unspecified atom stereocenters. The number of rotatable bonds is 3. The molecule has 0 atom stereocenters. The van der Waals surface area contributed by atoms with Crippen LogP contribution in [0, 0.1) is 6.92 Å². The summed E-state index contributed by atoms with van der Waals surface area (Å²) in [7, 11) is 0. The lowest BCUT2D eigenvalue weighted by molar-refractivity contribution is 0.0959. The summed E-state index contributed by atoms with van der Waals surface area (Å²) in [5, 5.41) is 5.80. The topological polar surface area (TPSA) is 41.5 Å². The van der Waals surface area contributed by atoms with Crippen LogP contribution < -0.4 is 5.43 Å². The predicted molar refractivity (Wildman–Crippen MR) is 70.6 cm³/mol. The minimum absolute atomic E-state index is 0.176. The number of nitrogens with one attached hydrogen (secondary N) is 1. The average Bonchev–Trinajstić information content (AvgIpc) is 2.85. The summed E-state index contributed by atoms with van der Waals surface area (Å²) in [5.74, 6) is -0.176. The third-order valence-electron chi connectivity index (χ3n) is 2.30. The maximum Gasteiger partial charge on any atom is 0.281 e. The molecule has 1 aromatic carbocycles. The van der Waals surface area contributed by atoms with Crippen LogP contribution in [0.3, 0.4) is 0 Å². The van der Waals surface area contributed by atoms with Crippen LogP contribution >= 0.6 is 11.3 Å². The number of hydrogen-bond donors (Lipinski definition) is 1. The van der Waals surface area contributed by atoms with E-state index >= 15 is 0 Å². The van der Waals surface area contributed by atoms with Crippen LogP contribution in [-0.2, 0) is 0 Å². The molecule has 0 aliphatic heterocycles. The fourth-order valence-electron chi connectivity index (χ4n) is 1.35. The molecule has 1 N–H and O–H groups in total. The van der Waals surface area contributed by atoms with E-state index in [9.17, 15) is 4.79 Å². The molecule has 0 spiro atoms. The third-order valence-corrected chi connectivity index (χ3v) is 3.17. The largest absolute Gasteiger partial charge is 0.281 e. The van der Waals surface area contributed by atoms with Crippen molar-refractivity contribution in [3.63, 3.8) is 0 Å². The molecule has 0 aliphatic carbocycles. The molecule has 17 heavy (non-hydrogen) atoms. The van der Waals surface area contributed by atoms with Crippen molar-refractivity contribution in [3.8, 4) is 0 Å². The van der Waals surface area contributed by atoms with E-state index < -0.39 is 0 Å². The Kier molecular flexibility index (Phi) is 3.67. The minimum Gasteiger partial charge on any atom is -0.266 e. The Morgan fingerprint density at radius 3 is 2.82 bits per heavy atom. The molecule has 1 heterocycles. The highest BCUT2D eigenvalue weighted by atomic mass is 32.1. The fraction of sp³-hybridized carbons (Fsp3) is 0.0769. The Morgan fingerprint density at radius 2 is 2.12 bits per heavy atom. The van der Waals surface area contributed by atoms with Gasteiger partial charge in [0.05, 0.1) is 11.1 Å². The lowest BCUT2D eigenvalue weighted by Crippen LogP contribution is -2.16. The van der Waals surface area contributed by atoms with Gasteiger partial charge in [-0.05, 0) is 29.5 Å². The molecule has 0 bridgehead atoms. The summed E-state index contributed by atoms with van der Waals surface area (Å²) < 4.78 is 0. The van der Waals surface area contributed by atoms with E-state index in [-0.39, 0.29) is 5.91 Å². The van der Waals surface area contributed by atoms with Crippen molar-refractivity contribution < 1.29 is 4.79 Å². The second-order valence-electron chi connectivity index (χ2n) is 3.53. The average molecular weight is 244 g/mol. The van der Waals surface area contributed by atoms with Crippen LogP contribution in [0.2, 0.25) is 0 Å². The lowest BCUT2D eigenvalue weighted by atomic mass is 10.1. The summed E-state index contributed by atoms with van der Waals surface area (Å²) >= 11 is 1.39. The molecule has 1 amide bonds. The summed E-state index contributed by atoms with van der Waals surface area (Å²) in [6.45, 7) is 2.00. The van der Waals surface area contributed by atoms with Crippen molar-refractivity contribution in [1.29, 1.82) is 0 Å². The monoisotopic (exact) mass is 244 g/mol. The van der Waals surface area contributed by atoms with Gasteiger partial charge in [0.15, 0.2) is 0 Å². The van der Waals surface area contributed by atoms with E-state index in [1.807, 2.05) is 42.6 Å². The summed E-state index contributed by atoms with van der Waals surface area (Å²) in [5.41, 5.74) is 4.63. The molecular formula is C13H12N2OS. The number of hydrogen-bond acceptors (Lipinski definition) is 3. The highest BCUT2D eigenvalue weighted by Crippen LogP contribution is 2.07. The van der Waals surface area contributed by atoms with Gasteiger partial charge in [-0.1, -0.05) is 30.3 Å². The molecule has 0 fully saturated rings. The zero-order chi connectivity index (χ0) is 12.1. The Hall–Kier alpha value is -1.94. The maximum absolute atomic E-state index is 11.6. The van der Waals surface area contributed by atoms with Crippen molar-refractivity contribution in [3.05, 3.63) is 57.8 Å². The van der Waals surface area contributed by atoms with Gasteiger partial charge in [0.2, 0.25) is 0 Å². The van der Waals surface area contributed by atoms with Crippen LogP contribution in [0.5, 0.6) is 0 Å². The fourth-order valence-corrected chi connectivity index (χ4v) is 1.97. The molecule has 0 saturated carbocycles. The maximum atomic E-state index is 11.6.